The number of pyridine rings is 1. The van der Waals surface area contributed by atoms with E-state index in [1.165, 1.54) is 29.0 Å². The smallest absolute Gasteiger partial charge is 0.188 e. The van der Waals surface area contributed by atoms with Gasteiger partial charge in [-0.3, -0.25) is 4.90 Å². The van der Waals surface area contributed by atoms with Crippen LogP contribution in [0.25, 0.3) is 10.4 Å². The second-order valence-electron chi connectivity index (χ2n) is 8.07. The Balaban J connectivity index is 1.22. The predicted molar refractivity (Wildman–Crippen MR) is 119 cm³/mol. The average molecular weight is 441 g/mol. The number of nitrogens with zero attached hydrogens (tertiary/aromatic N) is 3. The van der Waals surface area contributed by atoms with Crippen LogP contribution in [0.4, 0.5) is 15.3 Å². The van der Waals surface area contributed by atoms with Crippen LogP contribution in [0, 0.1) is 11.7 Å². The third kappa shape index (κ3) is 5.65. The predicted octanol–water partition coefficient (Wildman–Crippen LogP) is 3.98. The highest BCUT2D eigenvalue weighted by Crippen LogP contribution is 2.30. The zero-order valence-electron chi connectivity index (χ0n) is 17.2. The third-order valence-corrected chi connectivity index (χ3v) is 6.47. The molecule has 3 aromatic rings. The van der Waals surface area contributed by atoms with E-state index in [0.29, 0.717) is 12.0 Å². The zero-order chi connectivity index (χ0) is 21.0. The van der Waals surface area contributed by atoms with Gasteiger partial charge >= 0.3 is 0 Å². The molecule has 2 atom stereocenters. The van der Waals surface area contributed by atoms with Crippen molar-refractivity contribution in [1.82, 2.24) is 14.9 Å². The first-order valence-electron chi connectivity index (χ1n) is 10.6. The molecular weight excluding hydrogens is 415 g/mol. The highest BCUT2D eigenvalue weighted by atomic mass is 32.1. The van der Waals surface area contributed by atoms with Gasteiger partial charge in [0.1, 0.15) is 11.6 Å². The summed E-state index contributed by atoms with van der Waals surface area (Å²) in [5.41, 5.74) is 2.18. The molecule has 2 saturated heterocycles. The molecule has 162 valence electrons. The molecule has 2 unspecified atom stereocenters. The first-order chi connectivity index (χ1) is 15.2. The Morgan fingerprint density at radius 1 is 1.16 bits per heavy atom. The lowest BCUT2D eigenvalue weighted by Gasteiger charge is -2.22. The average Bonchev–Trinajstić information content (AvgIpc) is 3.51. The molecule has 0 aliphatic carbocycles. The fourth-order valence-electron chi connectivity index (χ4n) is 3.90. The second kappa shape index (κ2) is 9.40. The van der Waals surface area contributed by atoms with Crippen LogP contribution in [-0.4, -0.2) is 60.4 Å². The Hall–Kier alpha value is -2.39. The summed E-state index contributed by atoms with van der Waals surface area (Å²) in [5.74, 6) is 0.979. The topological polar surface area (TPSA) is 62.8 Å². The lowest BCUT2D eigenvalue weighted by atomic mass is 10.00. The second-order valence-corrected chi connectivity index (χ2v) is 9.10. The van der Waals surface area contributed by atoms with Crippen molar-refractivity contribution in [3.05, 3.63) is 60.2 Å². The normalized spacial score (nSPS) is 21.6. The van der Waals surface area contributed by atoms with E-state index in [1.807, 2.05) is 6.20 Å². The van der Waals surface area contributed by atoms with Crippen LogP contribution >= 0.6 is 11.3 Å². The molecule has 1 N–H and O–H groups in total. The summed E-state index contributed by atoms with van der Waals surface area (Å²) >= 11 is 1.52. The number of rotatable bonds is 7. The van der Waals surface area contributed by atoms with E-state index >= 15 is 0 Å². The van der Waals surface area contributed by atoms with Crippen molar-refractivity contribution in [3.63, 3.8) is 0 Å². The molecule has 0 saturated carbocycles. The molecule has 2 aliphatic rings. The first kappa shape index (κ1) is 20.5. The minimum Gasteiger partial charge on any atom is -0.380 e. The molecular formula is C23H25FN4O2S. The Labute approximate surface area is 185 Å². The molecule has 8 heteroatoms. The number of nitrogens with one attached hydrogen (secondary N) is 1. The van der Waals surface area contributed by atoms with E-state index in [-0.39, 0.29) is 5.82 Å². The Bertz CT molecular complexity index is 1010. The SMILES string of the molecule is Fc1ccc(-c2cnc(Nc3cc(CC4COCCN(CC5CO5)C4)ccn3)s2)cc1. The summed E-state index contributed by atoms with van der Waals surface area (Å²) in [7, 11) is 0. The van der Waals surface area contributed by atoms with Gasteiger partial charge in [0.2, 0.25) is 0 Å². The fraction of sp³-hybridized carbons (Fsp3) is 0.391. The number of halogens is 1. The van der Waals surface area contributed by atoms with E-state index < -0.39 is 0 Å². The quantitative estimate of drug-likeness (QED) is 0.561. The van der Waals surface area contributed by atoms with E-state index in [0.717, 1.165) is 67.3 Å². The van der Waals surface area contributed by atoms with Gasteiger partial charge in [-0.2, -0.15) is 0 Å². The zero-order valence-corrected chi connectivity index (χ0v) is 18.0. The number of epoxide rings is 1. The van der Waals surface area contributed by atoms with Gasteiger partial charge in [0.15, 0.2) is 5.13 Å². The van der Waals surface area contributed by atoms with Crippen LogP contribution < -0.4 is 5.32 Å². The van der Waals surface area contributed by atoms with Crippen LogP contribution in [0.15, 0.2) is 48.8 Å². The fourth-order valence-corrected chi connectivity index (χ4v) is 4.72. The standard InChI is InChI=1S/C23H25FN4O2S/c24-19-3-1-18(2-4-19)21-11-26-23(31-21)27-22-10-16(5-6-25-22)9-17-12-28(7-8-29-14-17)13-20-15-30-20/h1-6,10-11,17,20H,7-9,12-15H2,(H,25,26,27). The maximum atomic E-state index is 13.2. The highest BCUT2D eigenvalue weighted by molar-refractivity contribution is 7.18. The number of hydrogen-bond donors (Lipinski definition) is 1. The number of anilines is 2. The van der Waals surface area contributed by atoms with Gasteiger partial charge in [0.05, 0.1) is 30.8 Å². The van der Waals surface area contributed by atoms with Gasteiger partial charge in [-0.1, -0.05) is 23.5 Å². The van der Waals surface area contributed by atoms with Crippen molar-refractivity contribution in [1.29, 1.82) is 0 Å². The van der Waals surface area contributed by atoms with E-state index in [4.69, 9.17) is 9.47 Å². The van der Waals surface area contributed by atoms with Crippen LogP contribution in [0.3, 0.4) is 0 Å². The Kier molecular flexibility index (Phi) is 6.22. The summed E-state index contributed by atoms with van der Waals surface area (Å²) in [4.78, 5) is 12.3. The maximum absolute atomic E-state index is 13.2. The number of ether oxygens (including phenoxy) is 2. The summed E-state index contributed by atoms with van der Waals surface area (Å²) in [6.07, 6.45) is 4.98. The van der Waals surface area contributed by atoms with Gasteiger partial charge in [-0.25, -0.2) is 14.4 Å². The molecule has 4 heterocycles. The molecule has 5 rings (SSSR count). The Morgan fingerprint density at radius 3 is 2.87 bits per heavy atom. The molecule has 0 bridgehead atoms. The van der Waals surface area contributed by atoms with Crippen LogP contribution in [0.1, 0.15) is 5.56 Å². The lowest BCUT2D eigenvalue weighted by Crippen LogP contribution is -2.34. The maximum Gasteiger partial charge on any atom is 0.188 e. The molecule has 0 radical (unpaired) electrons. The third-order valence-electron chi connectivity index (χ3n) is 5.50. The van der Waals surface area contributed by atoms with Crippen molar-refractivity contribution in [2.45, 2.75) is 12.5 Å². The van der Waals surface area contributed by atoms with Gasteiger partial charge < -0.3 is 14.8 Å². The Morgan fingerprint density at radius 2 is 2.03 bits per heavy atom. The van der Waals surface area contributed by atoms with Gasteiger partial charge in [-0.05, 0) is 47.7 Å². The summed E-state index contributed by atoms with van der Waals surface area (Å²) in [6, 6.07) is 10.6. The van der Waals surface area contributed by atoms with Gasteiger partial charge in [-0.15, -0.1) is 0 Å². The summed E-state index contributed by atoms with van der Waals surface area (Å²) in [6.45, 7) is 5.45. The molecule has 0 amide bonds. The summed E-state index contributed by atoms with van der Waals surface area (Å²) in [5, 5.41) is 4.06. The lowest BCUT2D eigenvalue weighted by molar-refractivity contribution is 0.121. The van der Waals surface area contributed by atoms with Crippen LogP contribution in [0.5, 0.6) is 0 Å². The highest BCUT2D eigenvalue weighted by Gasteiger charge is 2.28. The molecule has 6 nitrogen and oxygen atoms in total. The van der Waals surface area contributed by atoms with E-state index in [1.54, 1.807) is 18.3 Å². The minimum absolute atomic E-state index is 0.240. The first-order valence-corrected chi connectivity index (χ1v) is 11.4. The molecule has 2 fully saturated rings. The van der Waals surface area contributed by atoms with Crippen molar-refractivity contribution in [3.8, 4) is 10.4 Å². The molecule has 0 spiro atoms. The van der Waals surface area contributed by atoms with Crippen molar-refractivity contribution < 1.29 is 13.9 Å². The monoisotopic (exact) mass is 440 g/mol. The number of hydrogen-bond acceptors (Lipinski definition) is 7. The molecule has 1 aromatic carbocycles. The van der Waals surface area contributed by atoms with Crippen molar-refractivity contribution >= 4 is 22.3 Å². The van der Waals surface area contributed by atoms with E-state index in [2.05, 4.69) is 32.3 Å². The van der Waals surface area contributed by atoms with Crippen LogP contribution in [0.2, 0.25) is 0 Å². The van der Waals surface area contributed by atoms with Gasteiger partial charge in [0.25, 0.3) is 0 Å². The number of aromatic nitrogens is 2. The molecule has 2 aliphatic heterocycles. The largest absolute Gasteiger partial charge is 0.380 e. The summed E-state index contributed by atoms with van der Waals surface area (Å²) < 4.78 is 24.4. The number of benzene rings is 1. The van der Waals surface area contributed by atoms with Crippen molar-refractivity contribution in [2.24, 2.45) is 5.92 Å². The van der Waals surface area contributed by atoms with Crippen molar-refractivity contribution in [2.75, 3.05) is 44.8 Å². The minimum atomic E-state index is -0.240. The molecule has 31 heavy (non-hydrogen) atoms. The van der Waals surface area contributed by atoms with Gasteiger partial charge in [0, 0.05) is 32.0 Å². The molecule has 2 aromatic heterocycles. The van der Waals surface area contributed by atoms with E-state index in [9.17, 15) is 4.39 Å². The number of thiazole rings is 1. The van der Waals surface area contributed by atoms with Crippen LogP contribution in [-0.2, 0) is 15.9 Å².